The van der Waals surface area contributed by atoms with E-state index in [4.69, 9.17) is 19.9 Å². The summed E-state index contributed by atoms with van der Waals surface area (Å²) in [6.07, 6.45) is -4.79. The SMILES string of the molecule is COC(=O)C1=C(N)N(c2cccc(C(F)(F)F)c2)C2=C(C(=O)[C@H](C(=O)OC)[C@H](c3ccc(OC)cc3)C2)[C@H]1c1ccc(F)cc1. The Morgan fingerprint density at radius 3 is 2.13 bits per heavy atom. The number of halogens is 4. The van der Waals surface area contributed by atoms with E-state index in [2.05, 4.69) is 0 Å². The van der Waals surface area contributed by atoms with Crippen LogP contribution in [0.5, 0.6) is 5.75 Å². The molecule has 0 amide bonds. The molecule has 0 spiro atoms. The Hall–Kier alpha value is -5.13. The fraction of sp³-hybridized carbons (Fsp3) is 0.242. The van der Waals surface area contributed by atoms with Crippen molar-refractivity contribution in [3.63, 3.8) is 0 Å². The van der Waals surface area contributed by atoms with E-state index in [1.54, 1.807) is 24.3 Å². The van der Waals surface area contributed by atoms with E-state index in [1.807, 2.05) is 0 Å². The zero-order valence-electron chi connectivity index (χ0n) is 24.4. The number of carbonyl (C=O) groups is 3. The predicted molar refractivity (Wildman–Crippen MR) is 154 cm³/mol. The van der Waals surface area contributed by atoms with Crippen LogP contribution in [0.2, 0.25) is 0 Å². The lowest BCUT2D eigenvalue weighted by molar-refractivity contribution is -0.150. The van der Waals surface area contributed by atoms with Crippen LogP contribution in [0.25, 0.3) is 0 Å². The number of allylic oxidation sites excluding steroid dienone is 2. The Balaban J connectivity index is 1.83. The van der Waals surface area contributed by atoms with Crippen LogP contribution in [0.3, 0.4) is 0 Å². The summed E-state index contributed by atoms with van der Waals surface area (Å²) in [6.45, 7) is 0. The van der Waals surface area contributed by atoms with Crippen molar-refractivity contribution in [2.75, 3.05) is 26.2 Å². The van der Waals surface area contributed by atoms with Gasteiger partial charge >= 0.3 is 18.1 Å². The number of anilines is 1. The first-order valence-corrected chi connectivity index (χ1v) is 13.7. The van der Waals surface area contributed by atoms with Crippen LogP contribution < -0.4 is 15.4 Å². The average Bonchev–Trinajstić information content (AvgIpc) is 3.03. The van der Waals surface area contributed by atoms with Crippen molar-refractivity contribution in [1.82, 2.24) is 0 Å². The van der Waals surface area contributed by atoms with Crippen molar-refractivity contribution < 1.29 is 46.2 Å². The van der Waals surface area contributed by atoms with Gasteiger partial charge in [0.2, 0.25) is 0 Å². The van der Waals surface area contributed by atoms with Crippen molar-refractivity contribution in [2.45, 2.75) is 24.4 Å². The Morgan fingerprint density at radius 1 is 0.911 bits per heavy atom. The van der Waals surface area contributed by atoms with Crippen molar-refractivity contribution in [2.24, 2.45) is 11.7 Å². The summed E-state index contributed by atoms with van der Waals surface area (Å²) in [5.74, 6) is -6.39. The Kier molecular flexibility index (Phi) is 8.42. The van der Waals surface area contributed by atoms with Gasteiger partial charge in [-0.05, 0) is 60.0 Å². The molecule has 8 nitrogen and oxygen atoms in total. The number of methoxy groups -OCH3 is 3. The number of benzene rings is 3. The largest absolute Gasteiger partial charge is 0.497 e. The second-order valence-electron chi connectivity index (χ2n) is 10.5. The molecular formula is C33H28F4N2O6. The lowest BCUT2D eigenvalue weighted by Gasteiger charge is -2.44. The molecule has 0 radical (unpaired) electrons. The number of ketones is 1. The van der Waals surface area contributed by atoms with Gasteiger partial charge in [-0.25, -0.2) is 9.18 Å². The minimum atomic E-state index is -4.71. The maximum atomic E-state index is 14.6. The van der Waals surface area contributed by atoms with Crippen LogP contribution in [0.4, 0.5) is 23.2 Å². The number of esters is 2. The third kappa shape index (κ3) is 5.63. The fourth-order valence-electron chi connectivity index (χ4n) is 6.00. The van der Waals surface area contributed by atoms with E-state index in [1.165, 1.54) is 36.3 Å². The van der Waals surface area contributed by atoms with Gasteiger partial charge < -0.3 is 19.9 Å². The first-order valence-electron chi connectivity index (χ1n) is 13.7. The number of rotatable bonds is 6. The molecule has 5 rings (SSSR count). The van der Waals surface area contributed by atoms with E-state index in [-0.39, 0.29) is 40.3 Å². The maximum absolute atomic E-state index is 14.6. The molecule has 0 fully saturated rings. The predicted octanol–water partition coefficient (Wildman–Crippen LogP) is 5.60. The molecule has 1 aliphatic carbocycles. The highest BCUT2D eigenvalue weighted by Gasteiger charge is 2.51. The summed E-state index contributed by atoms with van der Waals surface area (Å²) < 4.78 is 70.8. The highest BCUT2D eigenvalue weighted by atomic mass is 19.4. The van der Waals surface area contributed by atoms with Crippen LogP contribution in [0, 0.1) is 11.7 Å². The van der Waals surface area contributed by atoms with Crippen LogP contribution in [-0.2, 0) is 30.0 Å². The quantitative estimate of drug-likeness (QED) is 0.215. The first-order chi connectivity index (χ1) is 21.4. The molecule has 3 aromatic carbocycles. The molecule has 0 saturated heterocycles. The zero-order chi connectivity index (χ0) is 32.6. The molecule has 3 aromatic rings. The van der Waals surface area contributed by atoms with Crippen LogP contribution in [0.15, 0.2) is 95.5 Å². The van der Waals surface area contributed by atoms with Gasteiger partial charge in [-0.2, -0.15) is 13.2 Å². The number of ether oxygens (including phenoxy) is 3. The van der Waals surface area contributed by atoms with Gasteiger partial charge in [0.1, 0.15) is 23.3 Å². The lowest BCUT2D eigenvalue weighted by Crippen LogP contribution is -2.46. The first kappa shape index (κ1) is 31.3. The summed E-state index contributed by atoms with van der Waals surface area (Å²) >= 11 is 0. The highest BCUT2D eigenvalue weighted by Crippen LogP contribution is 2.52. The number of Topliss-reactive ketones (excluding diaryl/α,β-unsaturated/α-hetero) is 1. The zero-order valence-corrected chi connectivity index (χ0v) is 24.4. The number of hydrogen-bond acceptors (Lipinski definition) is 8. The summed E-state index contributed by atoms with van der Waals surface area (Å²) in [5.41, 5.74) is 6.22. The summed E-state index contributed by atoms with van der Waals surface area (Å²) in [6, 6.07) is 15.9. The highest BCUT2D eigenvalue weighted by molar-refractivity contribution is 6.14. The molecule has 45 heavy (non-hydrogen) atoms. The Morgan fingerprint density at radius 2 is 1.56 bits per heavy atom. The van der Waals surface area contributed by atoms with Crippen molar-refractivity contribution in [3.05, 3.63) is 118 Å². The Labute approximate surface area is 255 Å². The number of alkyl halides is 3. The normalized spacial score (nSPS) is 20.1. The second kappa shape index (κ2) is 12.1. The molecule has 12 heteroatoms. The molecule has 2 aliphatic rings. The van der Waals surface area contributed by atoms with Gasteiger partial charge in [0.25, 0.3) is 0 Å². The number of hydrogen-bond donors (Lipinski definition) is 1. The van der Waals surface area contributed by atoms with Gasteiger partial charge in [0, 0.05) is 22.9 Å². The number of nitrogens with two attached hydrogens (primary N) is 1. The van der Waals surface area contributed by atoms with E-state index in [0.717, 1.165) is 38.5 Å². The van der Waals surface area contributed by atoms with Crippen molar-refractivity contribution in [1.29, 1.82) is 0 Å². The fourth-order valence-corrected chi connectivity index (χ4v) is 6.00. The number of nitrogens with zero attached hydrogens (tertiary/aromatic N) is 1. The summed E-state index contributed by atoms with van der Waals surface area (Å²) in [4.78, 5) is 42.5. The van der Waals surface area contributed by atoms with Gasteiger partial charge in [0.05, 0.1) is 38.4 Å². The van der Waals surface area contributed by atoms with Gasteiger partial charge in [-0.1, -0.05) is 30.3 Å². The second-order valence-corrected chi connectivity index (χ2v) is 10.5. The van der Waals surface area contributed by atoms with Gasteiger partial charge in [-0.3, -0.25) is 14.5 Å². The third-order valence-electron chi connectivity index (χ3n) is 8.08. The smallest absolute Gasteiger partial charge is 0.416 e. The van der Waals surface area contributed by atoms with Crippen LogP contribution >= 0.6 is 0 Å². The molecule has 0 saturated carbocycles. The monoisotopic (exact) mass is 624 g/mol. The molecule has 0 unspecified atom stereocenters. The van der Waals surface area contributed by atoms with Crippen molar-refractivity contribution >= 4 is 23.4 Å². The molecule has 0 bridgehead atoms. The summed E-state index contributed by atoms with van der Waals surface area (Å²) in [7, 11) is 3.70. The topological polar surface area (TPSA) is 108 Å². The third-order valence-corrected chi connectivity index (χ3v) is 8.08. The maximum Gasteiger partial charge on any atom is 0.416 e. The van der Waals surface area contributed by atoms with Crippen LogP contribution in [0.1, 0.15) is 34.9 Å². The minimum absolute atomic E-state index is 0.0732. The molecule has 1 aliphatic heterocycles. The van der Waals surface area contributed by atoms with Crippen molar-refractivity contribution in [3.8, 4) is 5.75 Å². The average molecular weight is 625 g/mol. The standard InChI is InChI=1S/C33H28F4N2O6/c1-43-22-13-9-17(10-14-22)23-16-24-27(29(40)26(23)31(41)44-2)25(18-7-11-20(34)12-8-18)28(32(42)45-3)30(38)39(24)21-6-4-5-19(15-21)33(35,36)37/h4-15,23,25-26H,16,38H2,1-3H3/t23-,25+,26+/m0/s1. The van der Waals surface area contributed by atoms with E-state index >= 15 is 0 Å². The van der Waals surface area contributed by atoms with E-state index < -0.39 is 53.0 Å². The van der Waals surface area contributed by atoms with Crippen LogP contribution in [-0.4, -0.2) is 39.1 Å². The van der Waals surface area contributed by atoms with E-state index in [0.29, 0.717) is 11.3 Å². The number of carbonyl (C=O) groups excluding carboxylic acids is 3. The molecule has 3 atom stereocenters. The molecular weight excluding hydrogens is 596 g/mol. The summed E-state index contributed by atoms with van der Waals surface area (Å²) in [5, 5.41) is 0. The van der Waals surface area contributed by atoms with E-state index in [9.17, 15) is 31.9 Å². The molecule has 1 heterocycles. The molecule has 0 aromatic heterocycles. The minimum Gasteiger partial charge on any atom is -0.497 e. The van der Waals surface area contributed by atoms with Gasteiger partial charge in [0.15, 0.2) is 5.78 Å². The Bertz CT molecular complexity index is 1710. The lowest BCUT2D eigenvalue weighted by atomic mass is 9.67. The molecule has 234 valence electrons. The van der Waals surface area contributed by atoms with Gasteiger partial charge in [-0.15, -0.1) is 0 Å². The molecule has 2 N–H and O–H groups in total.